The molecular formula is C53H84NO14P. The van der Waals surface area contributed by atoms with Crippen molar-refractivity contribution < 1.29 is 71.3 Å². The molecule has 0 saturated heterocycles. The van der Waals surface area contributed by atoms with Crippen LogP contribution in [0.3, 0.4) is 0 Å². The molecule has 0 amide bonds. The Bertz CT molecular complexity index is 1800. The van der Waals surface area contributed by atoms with Gasteiger partial charge in [0.05, 0.1) is 48.4 Å². The summed E-state index contributed by atoms with van der Waals surface area (Å²) in [7, 11) is 4.04. The molecule has 0 aromatic heterocycles. The number of hydrogen-bond donors (Lipinski definition) is 2. The number of benzene rings is 2. The van der Waals surface area contributed by atoms with Crippen LogP contribution in [0.25, 0.3) is 12.2 Å². The number of phenolic OH excluding ortho intramolecular Hbond substituents is 2. The molecule has 0 saturated carbocycles. The number of methoxy groups -OCH3 is 2. The van der Waals surface area contributed by atoms with E-state index in [2.05, 4.69) is 13.8 Å². The second-order valence-electron chi connectivity index (χ2n) is 18.2. The van der Waals surface area contributed by atoms with E-state index in [1.54, 1.807) is 36.4 Å². The second-order valence-corrected chi connectivity index (χ2v) is 19.6. The minimum Gasteiger partial charge on any atom is -0.756 e. The van der Waals surface area contributed by atoms with Crippen LogP contribution in [-0.4, -0.2) is 106 Å². The lowest BCUT2D eigenvalue weighted by molar-refractivity contribution is -0.870. The summed E-state index contributed by atoms with van der Waals surface area (Å²) in [5.74, 6) is -0.921. The van der Waals surface area contributed by atoms with E-state index < -0.39 is 26.5 Å². The maximum Gasteiger partial charge on any atom is 0.306 e. The number of aromatic hydroxyl groups is 2. The third kappa shape index (κ3) is 33.6. The lowest BCUT2D eigenvalue weighted by Crippen LogP contribution is -2.37. The van der Waals surface area contributed by atoms with Crippen LogP contribution in [0.4, 0.5) is 0 Å². The first-order valence-corrected chi connectivity index (χ1v) is 26.3. The van der Waals surface area contributed by atoms with E-state index in [4.69, 9.17) is 28.0 Å². The molecule has 390 valence electrons. The number of quaternary nitrogens is 1. The molecule has 0 aliphatic carbocycles. The Hall–Kier alpha value is -4.53. The number of likely N-dealkylation sites (N-methyl/N-ethyl adjacent to an activating group) is 1. The van der Waals surface area contributed by atoms with Crippen molar-refractivity contribution in [3.8, 4) is 23.0 Å². The van der Waals surface area contributed by atoms with Gasteiger partial charge in [-0.2, -0.15) is 0 Å². The van der Waals surface area contributed by atoms with Crippen molar-refractivity contribution in [3.05, 3.63) is 59.7 Å². The van der Waals surface area contributed by atoms with Crippen LogP contribution in [0.2, 0.25) is 0 Å². The number of phosphoric acid groups is 1. The molecule has 69 heavy (non-hydrogen) atoms. The van der Waals surface area contributed by atoms with E-state index in [-0.39, 0.29) is 61.5 Å². The van der Waals surface area contributed by atoms with Gasteiger partial charge in [-0.15, -0.1) is 0 Å². The van der Waals surface area contributed by atoms with Crippen LogP contribution < -0.4 is 14.4 Å². The predicted molar refractivity (Wildman–Crippen MR) is 269 cm³/mol. The van der Waals surface area contributed by atoms with Crippen LogP contribution in [0.15, 0.2) is 48.6 Å². The Morgan fingerprint density at radius 3 is 1.46 bits per heavy atom. The maximum atomic E-state index is 12.5. The third-order valence-electron chi connectivity index (χ3n) is 10.8. The van der Waals surface area contributed by atoms with Gasteiger partial charge in [0.15, 0.2) is 40.7 Å². The summed E-state index contributed by atoms with van der Waals surface area (Å²) in [6.45, 7) is 4.16. The molecule has 0 aliphatic rings. The normalized spacial score (nSPS) is 12.8. The number of phenols is 2. The molecular weight excluding hydrogens is 906 g/mol. The van der Waals surface area contributed by atoms with E-state index in [0.717, 1.165) is 38.5 Å². The summed E-state index contributed by atoms with van der Waals surface area (Å²) in [5, 5.41) is 19.1. The number of allylic oxidation sites excluding steroid dienone is 2. The summed E-state index contributed by atoms with van der Waals surface area (Å²) in [6.07, 6.45) is 25.4. The quantitative estimate of drug-likeness (QED) is 0.0160. The number of esters is 2. The summed E-state index contributed by atoms with van der Waals surface area (Å²) >= 11 is 0. The van der Waals surface area contributed by atoms with Crippen molar-refractivity contribution in [2.75, 3.05) is 61.7 Å². The number of ether oxygens (including phenoxy) is 4. The number of rotatable bonds is 38. The summed E-state index contributed by atoms with van der Waals surface area (Å²) in [5.41, 5.74) is 1.33. The molecule has 0 fully saturated rings. The fraction of sp³-hybridized carbons (Fsp3) is 0.623. The van der Waals surface area contributed by atoms with Crippen molar-refractivity contribution in [2.45, 2.75) is 155 Å². The van der Waals surface area contributed by atoms with Gasteiger partial charge in [-0.25, -0.2) is 0 Å². The predicted octanol–water partition coefficient (Wildman–Crippen LogP) is 10.9. The highest BCUT2D eigenvalue weighted by molar-refractivity contribution is 7.45. The zero-order valence-corrected chi connectivity index (χ0v) is 43.6. The van der Waals surface area contributed by atoms with E-state index in [1.807, 2.05) is 21.1 Å². The third-order valence-corrected chi connectivity index (χ3v) is 11.8. The SMILES string of the molecule is CCCCCCCCCCCC(=O)OC[C@H](COP(=O)([O-])OCC[N+](C)(C)C)OC(=O)CCCCCCCCCCC.COc1cc(/C=C/C(=O)CC(=O)/C=C/c2ccc(O)c(OC)c2)ccc1O. The Morgan fingerprint density at radius 2 is 1.04 bits per heavy atom. The average Bonchev–Trinajstić information content (AvgIpc) is 3.30. The molecule has 0 bridgehead atoms. The number of ketones is 2. The molecule has 2 aromatic rings. The molecule has 0 aliphatic heterocycles. The van der Waals surface area contributed by atoms with E-state index >= 15 is 0 Å². The van der Waals surface area contributed by atoms with Crippen LogP contribution >= 0.6 is 7.82 Å². The highest BCUT2D eigenvalue weighted by Gasteiger charge is 2.22. The molecule has 2 atom stereocenters. The number of unbranched alkanes of at least 4 members (excludes halogenated alkanes) is 16. The van der Waals surface area contributed by atoms with Gasteiger partial charge in [0.25, 0.3) is 7.82 Å². The number of phosphoric ester groups is 1. The van der Waals surface area contributed by atoms with E-state index in [1.165, 1.54) is 109 Å². The van der Waals surface area contributed by atoms with Crippen LogP contribution in [-0.2, 0) is 42.3 Å². The van der Waals surface area contributed by atoms with Gasteiger partial charge >= 0.3 is 11.9 Å². The topological polar surface area (TPSA) is 204 Å². The van der Waals surface area contributed by atoms with Crippen molar-refractivity contribution in [3.63, 3.8) is 0 Å². The Kier molecular flexibility index (Phi) is 33.8. The van der Waals surface area contributed by atoms with E-state index in [9.17, 15) is 38.8 Å². The van der Waals surface area contributed by atoms with Gasteiger partial charge in [0, 0.05) is 12.8 Å². The van der Waals surface area contributed by atoms with Gasteiger partial charge in [0.2, 0.25) is 0 Å². The summed E-state index contributed by atoms with van der Waals surface area (Å²) in [4.78, 5) is 60.8. The molecule has 15 nitrogen and oxygen atoms in total. The van der Waals surface area contributed by atoms with Gasteiger partial charge < -0.3 is 47.6 Å². The van der Waals surface area contributed by atoms with Crippen LogP contribution in [0.1, 0.15) is 160 Å². The lowest BCUT2D eigenvalue weighted by Gasteiger charge is -2.28. The molecule has 2 aromatic carbocycles. The van der Waals surface area contributed by atoms with Crippen LogP contribution in [0, 0.1) is 0 Å². The minimum absolute atomic E-state index is 0.00662. The smallest absolute Gasteiger partial charge is 0.306 e. The molecule has 16 heteroatoms. The maximum absolute atomic E-state index is 12.5. The largest absolute Gasteiger partial charge is 0.756 e. The summed E-state index contributed by atoms with van der Waals surface area (Å²) < 4.78 is 43.5. The Balaban J connectivity index is 0.000000754. The van der Waals surface area contributed by atoms with Gasteiger partial charge in [-0.3, -0.25) is 23.7 Å². The van der Waals surface area contributed by atoms with Gasteiger partial charge in [-0.1, -0.05) is 141 Å². The standard InChI is InChI=1S/C32H64NO8P.C21H20O6/c1-6-8-10-12-14-16-18-20-22-24-31(34)38-28-30(29-40-42(36,37)39-27-26-33(3,4)5)41-32(35)25-23-21-19-17-15-13-11-9-7-2;1-26-20-11-14(5-9-18(20)24)3-7-16(22)13-17(23)8-4-15-6-10-19(25)21(12-15)27-2/h30H,6-29H2,1-5H3;3-12,24-25H,13H2,1-2H3/b;7-3+,8-4+/t30-;/m1./s1. The number of nitrogens with zero attached hydrogens (tertiary/aromatic N) is 1. The van der Waals surface area contributed by atoms with Crippen LogP contribution in [0.5, 0.6) is 23.0 Å². The van der Waals surface area contributed by atoms with Crippen molar-refractivity contribution in [1.29, 1.82) is 0 Å². The van der Waals surface area contributed by atoms with Gasteiger partial charge in [-0.05, 0) is 60.4 Å². The first-order valence-electron chi connectivity index (χ1n) is 24.8. The fourth-order valence-corrected chi connectivity index (χ4v) is 7.41. The van der Waals surface area contributed by atoms with Crippen molar-refractivity contribution in [1.82, 2.24) is 0 Å². The lowest BCUT2D eigenvalue weighted by atomic mass is 10.1. The number of carbonyl (C=O) groups excluding carboxylic acids is 4. The van der Waals surface area contributed by atoms with Gasteiger partial charge in [0.1, 0.15) is 19.8 Å². The monoisotopic (exact) mass is 990 g/mol. The second kappa shape index (κ2) is 37.3. The molecule has 0 heterocycles. The van der Waals surface area contributed by atoms with E-state index in [0.29, 0.717) is 40.1 Å². The first kappa shape index (κ1) is 62.5. The number of hydrogen-bond acceptors (Lipinski definition) is 14. The molecule has 0 spiro atoms. The molecule has 2 N–H and O–H groups in total. The zero-order chi connectivity index (χ0) is 51.3. The fourth-order valence-electron chi connectivity index (χ4n) is 6.68. The Morgan fingerprint density at radius 1 is 0.623 bits per heavy atom. The highest BCUT2D eigenvalue weighted by Crippen LogP contribution is 2.38. The first-order chi connectivity index (χ1) is 32.9. The highest BCUT2D eigenvalue weighted by atomic mass is 31.2. The molecule has 2 rings (SSSR count). The molecule has 0 radical (unpaired) electrons. The van der Waals surface area contributed by atoms with Crippen molar-refractivity contribution >= 4 is 43.5 Å². The minimum atomic E-state index is -4.60. The zero-order valence-electron chi connectivity index (χ0n) is 42.7. The summed E-state index contributed by atoms with van der Waals surface area (Å²) in [6, 6.07) is 9.34. The Labute approximate surface area is 412 Å². The van der Waals surface area contributed by atoms with Crippen molar-refractivity contribution in [2.24, 2.45) is 0 Å². The average molecular weight is 990 g/mol. The number of carbonyl (C=O) groups is 4. The molecule has 1 unspecified atom stereocenters.